The third-order valence-corrected chi connectivity index (χ3v) is 14.9. The van der Waals surface area contributed by atoms with E-state index in [9.17, 15) is 0 Å². The molecule has 0 fully saturated rings. The van der Waals surface area contributed by atoms with Crippen LogP contribution < -0.4 is 0 Å². The van der Waals surface area contributed by atoms with Crippen molar-refractivity contribution in [3.05, 3.63) is 241 Å². The molecule has 0 unspecified atom stereocenters. The zero-order chi connectivity index (χ0) is 48.9. The van der Waals surface area contributed by atoms with Gasteiger partial charge < -0.3 is 13.3 Å². The Morgan fingerprint density at radius 3 is 1.22 bits per heavy atom. The van der Waals surface area contributed by atoms with Gasteiger partial charge in [-0.15, -0.1) is 0 Å². The Balaban J connectivity index is 0.837. The molecule has 3 aromatic heterocycles. The molecule has 73 heavy (non-hydrogen) atoms. The average molecular weight is 937 g/mol. The van der Waals surface area contributed by atoms with Crippen LogP contribution in [-0.4, -0.2) is 0 Å². The Bertz CT molecular complexity index is 4540. The molecule has 0 N–H and O–H groups in total. The number of furan rings is 3. The number of rotatable bonds is 7. The fourth-order valence-corrected chi connectivity index (χ4v) is 11.4. The molecular formula is C70H48O3. The van der Waals surface area contributed by atoms with E-state index in [1.165, 1.54) is 38.9 Å². The van der Waals surface area contributed by atoms with Crippen LogP contribution in [0.1, 0.15) is 22.3 Å². The van der Waals surface area contributed by atoms with Crippen LogP contribution in [0, 0.1) is 27.7 Å². The van der Waals surface area contributed by atoms with Gasteiger partial charge in [-0.1, -0.05) is 157 Å². The van der Waals surface area contributed by atoms with Crippen LogP contribution in [-0.2, 0) is 0 Å². The average Bonchev–Trinajstić information content (AvgIpc) is 4.11. The quantitative estimate of drug-likeness (QED) is 0.160. The molecule has 0 aliphatic rings. The highest BCUT2D eigenvalue weighted by Gasteiger charge is 2.20. The standard InChI is InChI=1S/C70H48O3/c1-41-13-11-15-49(29-41)60-38-52(40-64-58-19-7-9-21-66(58)72-69(60)64)48-27-28-55(44(4)34-48)53-30-42(2)31-54(36-53)61-37-51(39-63-57-18-6-10-22-67(57)73-70(61)63)46-25-23-45(24-26-46)47-14-12-16-50(35-47)59-32-43(3)33-62-56-17-5-8-20-65(56)71-68(59)62/h5-40H,1-4H3. The summed E-state index contributed by atoms with van der Waals surface area (Å²) in [4.78, 5) is 0. The fourth-order valence-electron chi connectivity index (χ4n) is 11.4. The van der Waals surface area contributed by atoms with Crippen LogP contribution in [0.3, 0.4) is 0 Å². The maximum atomic E-state index is 6.76. The van der Waals surface area contributed by atoms with Crippen LogP contribution in [0.2, 0.25) is 0 Å². The first-order valence-electron chi connectivity index (χ1n) is 25.1. The van der Waals surface area contributed by atoms with Crippen molar-refractivity contribution < 1.29 is 13.3 Å². The zero-order valence-corrected chi connectivity index (χ0v) is 41.0. The molecule has 0 radical (unpaired) electrons. The lowest BCUT2D eigenvalue weighted by Crippen LogP contribution is -1.90. The van der Waals surface area contributed by atoms with Gasteiger partial charge in [0.25, 0.3) is 0 Å². The number of fused-ring (bicyclic) bond motifs is 9. The van der Waals surface area contributed by atoms with E-state index in [1.54, 1.807) is 0 Å². The largest absolute Gasteiger partial charge is 0.455 e. The van der Waals surface area contributed by atoms with E-state index in [0.29, 0.717) is 0 Å². The number of aryl methyl sites for hydroxylation is 4. The first-order valence-corrected chi connectivity index (χ1v) is 25.1. The van der Waals surface area contributed by atoms with E-state index in [0.717, 1.165) is 127 Å². The van der Waals surface area contributed by atoms with Crippen LogP contribution in [0.5, 0.6) is 0 Å². The molecule has 0 saturated heterocycles. The van der Waals surface area contributed by atoms with Crippen molar-refractivity contribution in [1.29, 1.82) is 0 Å². The van der Waals surface area contributed by atoms with Gasteiger partial charge in [0, 0.05) is 49.0 Å². The van der Waals surface area contributed by atoms with Gasteiger partial charge in [0.1, 0.15) is 33.5 Å². The third-order valence-electron chi connectivity index (χ3n) is 14.9. The summed E-state index contributed by atoms with van der Waals surface area (Å²) in [5.41, 5.74) is 26.2. The van der Waals surface area contributed by atoms with Gasteiger partial charge in [-0.05, 0) is 172 Å². The van der Waals surface area contributed by atoms with Crippen LogP contribution in [0.25, 0.3) is 144 Å². The topological polar surface area (TPSA) is 39.4 Å². The molecule has 3 heterocycles. The number of benzene rings is 11. The highest BCUT2D eigenvalue weighted by molar-refractivity contribution is 6.13. The van der Waals surface area contributed by atoms with Crippen LogP contribution in [0.15, 0.2) is 232 Å². The van der Waals surface area contributed by atoms with E-state index in [4.69, 9.17) is 13.3 Å². The third kappa shape index (κ3) is 7.27. The van der Waals surface area contributed by atoms with Crippen molar-refractivity contribution in [2.45, 2.75) is 27.7 Å². The summed E-state index contributed by atoms with van der Waals surface area (Å²) < 4.78 is 19.8. The first-order chi connectivity index (χ1) is 35.8. The normalized spacial score (nSPS) is 11.8. The Morgan fingerprint density at radius 1 is 0.219 bits per heavy atom. The summed E-state index contributed by atoms with van der Waals surface area (Å²) in [6.07, 6.45) is 0. The maximum absolute atomic E-state index is 6.76. The van der Waals surface area contributed by atoms with E-state index < -0.39 is 0 Å². The lowest BCUT2D eigenvalue weighted by Gasteiger charge is -2.14. The van der Waals surface area contributed by atoms with Crippen molar-refractivity contribution in [2.24, 2.45) is 0 Å². The highest BCUT2D eigenvalue weighted by Crippen LogP contribution is 2.44. The summed E-state index contributed by atoms with van der Waals surface area (Å²) in [7, 11) is 0. The van der Waals surface area contributed by atoms with Gasteiger partial charge in [-0.3, -0.25) is 0 Å². The first kappa shape index (κ1) is 42.7. The minimum atomic E-state index is 0.881. The minimum Gasteiger partial charge on any atom is -0.455 e. The molecular weight excluding hydrogens is 889 g/mol. The summed E-state index contributed by atoms with van der Waals surface area (Å²) >= 11 is 0. The molecule has 0 bridgehead atoms. The van der Waals surface area contributed by atoms with E-state index in [1.807, 2.05) is 18.2 Å². The van der Waals surface area contributed by atoms with Gasteiger partial charge in [-0.25, -0.2) is 0 Å². The van der Waals surface area contributed by atoms with Crippen molar-refractivity contribution >= 4 is 65.8 Å². The lowest BCUT2D eigenvalue weighted by molar-refractivity contribution is 0.669. The molecule has 14 rings (SSSR count). The molecule has 11 aromatic carbocycles. The number of hydrogen-bond acceptors (Lipinski definition) is 3. The molecule has 346 valence electrons. The van der Waals surface area contributed by atoms with Crippen molar-refractivity contribution in [2.75, 3.05) is 0 Å². The van der Waals surface area contributed by atoms with Crippen LogP contribution >= 0.6 is 0 Å². The summed E-state index contributed by atoms with van der Waals surface area (Å²) in [5, 5.41) is 6.75. The Kier molecular flexibility index (Phi) is 9.78. The smallest absolute Gasteiger partial charge is 0.143 e. The maximum Gasteiger partial charge on any atom is 0.143 e. The molecule has 0 aliphatic heterocycles. The second kappa shape index (κ2) is 16.7. The Labute approximate surface area is 423 Å². The number of hydrogen-bond donors (Lipinski definition) is 0. The summed E-state index contributed by atoms with van der Waals surface area (Å²) in [5.74, 6) is 0. The molecule has 0 spiro atoms. The predicted octanol–water partition coefficient (Wildman–Crippen LogP) is 20.3. The summed E-state index contributed by atoms with van der Waals surface area (Å²) in [6, 6.07) is 79.0. The number of para-hydroxylation sites is 3. The van der Waals surface area contributed by atoms with Gasteiger partial charge >= 0.3 is 0 Å². The molecule has 0 amide bonds. The second-order valence-corrected chi connectivity index (χ2v) is 19.9. The van der Waals surface area contributed by atoms with Gasteiger partial charge in [0.15, 0.2) is 0 Å². The minimum absolute atomic E-state index is 0.881. The van der Waals surface area contributed by atoms with Crippen molar-refractivity contribution in [1.82, 2.24) is 0 Å². The van der Waals surface area contributed by atoms with E-state index in [2.05, 4.69) is 228 Å². The molecule has 0 atom stereocenters. The van der Waals surface area contributed by atoms with Gasteiger partial charge in [0.2, 0.25) is 0 Å². The molecule has 3 heteroatoms. The predicted molar refractivity (Wildman–Crippen MR) is 305 cm³/mol. The van der Waals surface area contributed by atoms with E-state index in [-0.39, 0.29) is 0 Å². The summed E-state index contributed by atoms with van der Waals surface area (Å²) in [6.45, 7) is 8.73. The zero-order valence-electron chi connectivity index (χ0n) is 41.0. The second-order valence-electron chi connectivity index (χ2n) is 19.9. The van der Waals surface area contributed by atoms with Gasteiger partial charge in [-0.2, -0.15) is 0 Å². The molecule has 14 aromatic rings. The Hall–Kier alpha value is -9.18. The van der Waals surface area contributed by atoms with Crippen molar-refractivity contribution in [3.63, 3.8) is 0 Å². The fraction of sp³-hybridized carbons (Fsp3) is 0.0571. The molecule has 0 aliphatic carbocycles. The van der Waals surface area contributed by atoms with Crippen LogP contribution in [0.4, 0.5) is 0 Å². The monoisotopic (exact) mass is 936 g/mol. The van der Waals surface area contributed by atoms with Crippen molar-refractivity contribution in [3.8, 4) is 77.9 Å². The molecule has 0 saturated carbocycles. The van der Waals surface area contributed by atoms with Gasteiger partial charge in [0.05, 0.1) is 0 Å². The Morgan fingerprint density at radius 2 is 0.630 bits per heavy atom. The highest BCUT2D eigenvalue weighted by atomic mass is 16.3. The SMILES string of the molecule is Cc1cccc(-c2cc(-c3ccc(-c4cc(C)cc(-c5cc(-c6ccc(-c7cccc(-c8cc(C)cc9c8oc8ccccc89)c7)cc6)cc6c5oc5ccccc56)c4)c(C)c3)cc3c2oc2ccccc23)c1. The lowest BCUT2D eigenvalue weighted by atomic mass is 9.89. The van der Waals surface area contributed by atoms with E-state index >= 15 is 0 Å². The molecule has 3 nitrogen and oxygen atoms in total.